The normalized spacial score (nSPS) is 29.6. The lowest BCUT2D eigenvalue weighted by Crippen LogP contribution is -2.48. The van der Waals surface area contributed by atoms with Crippen molar-refractivity contribution in [1.29, 1.82) is 0 Å². The maximum Gasteiger partial charge on any atom is 0.331 e. The van der Waals surface area contributed by atoms with E-state index in [0.29, 0.717) is 11.1 Å². The molecule has 0 spiro atoms. The van der Waals surface area contributed by atoms with Gasteiger partial charge >= 0.3 is 5.97 Å². The number of phenols is 1. The van der Waals surface area contributed by atoms with Crippen LogP contribution in [0.5, 0.6) is 11.5 Å². The summed E-state index contributed by atoms with van der Waals surface area (Å²) >= 11 is 0. The third-order valence-corrected chi connectivity index (χ3v) is 7.83. The van der Waals surface area contributed by atoms with Gasteiger partial charge in [-0.2, -0.15) is 0 Å². The first-order valence-electron chi connectivity index (χ1n) is 13.0. The Bertz CT molecular complexity index is 1450. The summed E-state index contributed by atoms with van der Waals surface area (Å²) in [6.07, 6.45) is -4.90. The topological polar surface area (TPSA) is 143 Å². The Morgan fingerprint density at radius 1 is 1.08 bits per heavy atom. The summed E-state index contributed by atoms with van der Waals surface area (Å²) in [5.41, 5.74) is 1.38. The number of aliphatic hydroxyl groups excluding tert-OH is 2. The van der Waals surface area contributed by atoms with E-state index < -0.39 is 54.4 Å². The molecule has 3 N–H and O–H groups in total. The third kappa shape index (κ3) is 3.70. The molecule has 2 aromatic rings. The highest BCUT2D eigenvalue weighted by Gasteiger charge is 2.54. The van der Waals surface area contributed by atoms with Gasteiger partial charge in [-0.25, -0.2) is 4.79 Å². The Labute approximate surface area is 224 Å². The van der Waals surface area contributed by atoms with Gasteiger partial charge in [0.1, 0.15) is 29.3 Å². The zero-order valence-electron chi connectivity index (χ0n) is 21.9. The molecule has 6 unspecified atom stereocenters. The molecule has 39 heavy (non-hydrogen) atoms. The van der Waals surface area contributed by atoms with Crippen LogP contribution < -0.4 is 4.74 Å². The number of esters is 1. The van der Waals surface area contributed by atoms with Crippen molar-refractivity contribution in [2.75, 3.05) is 0 Å². The molecule has 0 saturated carbocycles. The molecule has 10 heteroatoms. The number of ether oxygens (including phenoxy) is 3. The summed E-state index contributed by atoms with van der Waals surface area (Å²) in [6.45, 7) is 7.04. The number of fused-ring (bicyclic) bond motifs is 6. The van der Waals surface area contributed by atoms with Crippen LogP contribution in [0.4, 0.5) is 0 Å². The maximum atomic E-state index is 14.3. The molecule has 6 atom stereocenters. The predicted molar refractivity (Wildman–Crippen MR) is 136 cm³/mol. The molecule has 4 aliphatic rings. The average molecular weight is 536 g/mol. The van der Waals surface area contributed by atoms with Crippen molar-refractivity contribution in [3.05, 3.63) is 63.8 Å². The van der Waals surface area contributed by atoms with Crippen molar-refractivity contribution < 1.29 is 43.9 Å². The van der Waals surface area contributed by atoms with Crippen LogP contribution in [-0.4, -0.2) is 68.4 Å². The van der Waals surface area contributed by atoms with E-state index in [4.69, 9.17) is 14.2 Å². The van der Waals surface area contributed by atoms with Crippen LogP contribution in [0.1, 0.15) is 70.8 Å². The van der Waals surface area contributed by atoms with Crippen molar-refractivity contribution in [1.82, 2.24) is 4.90 Å². The second kappa shape index (κ2) is 8.90. The molecule has 204 valence electrons. The number of aliphatic hydroxyl groups is 2. The van der Waals surface area contributed by atoms with Crippen LogP contribution in [0.25, 0.3) is 5.57 Å². The van der Waals surface area contributed by atoms with Crippen molar-refractivity contribution in [2.45, 2.75) is 71.0 Å². The number of hydrogen-bond donors (Lipinski definition) is 3. The van der Waals surface area contributed by atoms with Gasteiger partial charge in [0.15, 0.2) is 5.78 Å². The average Bonchev–Trinajstić information content (AvgIpc) is 3.22. The van der Waals surface area contributed by atoms with E-state index in [-0.39, 0.29) is 51.8 Å². The quantitative estimate of drug-likeness (QED) is 0.502. The summed E-state index contributed by atoms with van der Waals surface area (Å²) in [6, 6.07) is 7.04. The fourth-order valence-corrected chi connectivity index (χ4v) is 6.07. The number of hydrogen-bond acceptors (Lipinski definition) is 10. The minimum Gasteiger partial charge on any atom is -0.507 e. The van der Waals surface area contributed by atoms with Gasteiger partial charge < -0.3 is 34.4 Å². The second-order valence-electron chi connectivity index (χ2n) is 10.9. The van der Waals surface area contributed by atoms with Crippen LogP contribution in [-0.2, 0) is 14.3 Å². The Morgan fingerprint density at radius 2 is 1.82 bits per heavy atom. The summed E-state index contributed by atoms with van der Waals surface area (Å²) in [5, 5.41) is 31.2. The van der Waals surface area contributed by atoms with Crippen molar-refractivity contribution in [2.24, 2.45) is 5.92 Å². The van der Waals surface area contributed by atoms with E-state index in [2.05, 4.69) is 0 Å². The summed E-state index contributed by atoms with van der Waals surface area (Å²) < 4.78 is 17.4. The van der Waals surface area contributed by atoms with E-state index in [1.807, 2.05) is 13.8 Å². The molecule has 3 heterocycles. The van der Waals surface area contributed by atoms with Crippen molar-refractivity contribution in [3.8, 4) is 11.5 Å². The minimum atomic E-state index is -1.09. The lowest BCUT2D eigenvalue weighted by Gasteiger charge is -2.40. The van der Waals surface area contributed by atoms with E-state index in [9.17, 15) is 29.7 Å². The lowest BCUT2D eigenvalue weighted by molar-refractivity contribution is -0.216. The number of aromatic hydroxyl groups is 1. The van der Waals surface area contributed by atoms with Gasteiger partial charge in [-0.15, -0.1) is 0 Å². The first-order valence-corrected chi connectivity index (χ1v) is 13.0. The number of nitrogens with zero attached hydrogens (tertiary/aromatic N) is 1. The molecule has 0 bridgehead atoms. The molecule has 2 saturated heterocycles. The number of carbonyl (C=O) groups excluding carboxylic acids is 3. The highest BCUT2D eigenvalue weighted by Crippen LogP contribution is 2.52. The Balaban J connectivity index is 1.52. The van der Waals surface area contributed by atoms with Gasteiger partial charge in [0, 0.05) is 23.1 Å². The Kier molecular flexibility index (Phi) is 5.83. The maximum absolute atomic E-state index is 14.3. The van der Waals surface area contributed by atoms with Gasteiger partial charge in [0.05, 0.1) is 23.3 Å². The Hall–Kier alpha value is -3.73. The molecule has 3 aliphatic heterocycles. The van der Waals surface area contributed by atoms with Crippen molar-refractivity contribution >= 4 is 23.1 Å². The fraction of sp³-hybridized carbons (Fsp3) is 0.414. The number of allylic oxidation sites excluding steroid dienone is 2. The van der Waals surface area contributed by atoms with Crippen LogP contribution in [0.15, 0.2) is 36.0 Å². The summed E-state index contributed by atoms with van der Waals surface area (Å²) in [7, 11) is 0. The van der Waals surface area contributed by atoms with Crippen LogP contribution in [0.3, 0.4) is 0 Å². The van der Waals surface area contributed by atoms with Crippen LogP contribution >= 0.6 is 0 Å². The van der Waals surface area contributed by atoms with E-state index >= 15 is 0 Å². The molecule has 2 aromatic carbocycles. The summed E-state index contributed by atoms with van der Waals surface area (Å²) in [4.78, 5) is 43.1. The molecule has 1 aliphatic carbocycles. The first-order chi connectivity index (χ1) is 18.5. The molecule has 0 amide bonds. The third-order valence-electron chi connectivity index (χ3n) is 7.83. The van der Waals surface area contributed by atoms with Gasteiger partial charge in [-0.1, -0.05) is 26.0 Å². The number of ketones is 2. The zero-order chi connectivity index (χ0) is 27.9. The molecular weight excluding hydrogens is 506 g/mol. The Morgan fingerprint density at radius 3 is 2.51 bits per heavy atom. The number of rotatable bonds is 3. The molecule has 6 rings (SSSR count). The number of carbonyl (C=O) groups is 3. The highest BCUT2D eigenvalue weighted by molar-refractivity contribution is 6.41. The highest BCUT2D eigenvalue weighted by atomic mass is 16.7. The fourth-order valence-electron chi connectivity index (χ4n) is 6.07. The predicted octanol–water partition coefficient (Wildman–Crippen LogP) is 2.62. The van der Waals surface area contributed by atoms with Gasteiger partial charge in [-0.3, -0.25) is 9.59 Å². The zero-order valence-corrected chi connectivity index (χ0v) is 21.9. The first kappa shape index (κ1) is 25.5. The monoisotopic (exact) mass is 535 g/mol. The van der Waals surface area contributed by atoms with E-state index in [1.54, 1.807) is 30.9 Å². The van der Waals surface area contributed by atoms with Gasteiger partial charge in [0.2, 0.25) is 18.3 Å². The lowest BCUT2D eigenvalue weighted by atomic mass is 9.78. The molecule has 0 aromatic heterocycles. The minimum absolute atomic E-state index is 0.00577. The summed E-state index contributed by atoms with van der Waals surface area (Å²) in [5.74, 6) is -1.95. The molecule has 0 radical (unpaired) electrons. The smallest absolute Gasteiger partial charge is 0.331 e. The number of benzene rings is 2. The largest absolute Gasteiger partial charge is 0.507 e. The van der Waals surface area contributed by atoms with Gasteiger partial charge in [-0.05, 0) is 43.5 Å². The van der Waals surface area contributed by atoms with Gasteiger partial charge in [0.25, 0.3) is 0 Å². The van der Waals surface area contributed by atoms with Crippen molar-refractivity contribution in [3.63, 3.8) is 0 Å². The molecule has 10 nitrogen and oxygen atoms in total. The van der Waals surface area contributed by atoms with E-state index in [1.165, 1.54) is 18.2 Å². The number of aryl methyl sites for hydroxylation is 1. The van der Waals surface area contributed by atoms with Crippen LogP contribution in [0.2, 0.25) is 0 Å². The SMILES string of the molecule is Cc1cc(O)c2c(c1)C1OC(=O)C(C(C)C)N1C1=C2C(=O)c2cccc(OC3CC(O)C(O)C(C)O3)c2C1=O. The molecular formula is C29H29NO9. The molecule has 2 fully saturated rings. The number of phenolic OH excluding ortho intramolecular Hbond substituents is 1. The number of Topliss-reactive ketones (excluding diaryl/α,β-unsaturated/α-hetero) is 2. The van der Waals surface area contributed by atoms with E-state index in [0.717, 1.165) is 0 Å². The van der Waals surface area contributed by atoms with Crippen LogP contribution in [0, 0.1) is 12.8 Å². The standard InChI is InChI=1S/C29H29NO9/c1-11(2)23-29(36)39-28-15-8-12(3)9-16(31)20(15)22-24(30(23)28)27(35)21-14(26(22)34)6-5-7-18(21)38-19-10-17(32)25(33)13(4)37-19/h5-9,11,13,17,19,23,25,28,31-33H,10H2,1-4H3. The second-order valence-corrected chi connectivity index (χ2v) is 10.9.